The lowest BCUT2D eigenvalue weighted by Crippen LogP contribution is -2.52. The number of Topliss-reactive ketones (excluding diaryl/α,β-unsaturated/α-hetero) is 1. The van der Waals surface area contributed by atoms with Crippen LogP contribution >= 0.6 is 0 Å². The molecule has 8 fully saturated rings. The van der Waals surface area contributed by atoms with E-state index < -0.39 is 0 Å². The highest BCUT2D eigenvalue weighted by Crippen LogP contribution is 2.53. The predicted molar refractivity (Wildman–Crippen MR) is 87.1 cm³/mol. The summed E-state index contributed by atoms with van der Waals surface area (Å²) in [6, 6.07) is 0.586. The summed E-state index contributed by atoms with van der Waals surface area (Å²) in [5, 5.41) is 0. The van der Waals surface area contributed by atoms with Gasteiger partial charge in [0, 0.05) is 17.9 Å². The molecule has 0 radical (unpaired) electrons. The Hall–Kier alpha value is -0.370. The lowest BCUT2D eigenvalue weighted by atomic mass is 9.54. The lowest BCUT2D eigenvalue weighted by molar-refractivity contribution is -0.139. The second kappa shape index (κ2) is 5.06. The number of hydrogen-bond acceptors (Lipinski definition) is 2. The summed E-state index contributed by atoms with van der Waals surface area (Å²) >= 11 is 0. The molecule has 122 valence electrons. The molecule has 2 heteroatoms. The average Bonchev–Trinajstić information content (AvgIpc) is 2.49. The molecule has 8 saturated carbocycles. The van der Waals surface area contributed by atoms with Crippen LogP contribution in [0.5, 0.6) is 0 Å². The summed E-state index contributed by atoms with van der Waals surface area (Å²) in [7, 11) is 0. The van der Waals surface area contributed by atoms with Crippen molar-refractivity contribution >= 4 is 5.78 Å². The molecular weight excluding hydrogens is 270 g/mol. The number of hydrogen-bond donors (Lipinski definition) is 1. The molecule has 0 spiro atoms. The van der Waals surface area contributed by atoms with Crippen molar-refractivity contribution in [2.24, 2.45) is 53.1 Å². The van der Waals surface area contributed by atoms with Crippen molar-refractivity contribution in [1.29, 1.82) is 0 Å². The van der Waals surface area contributed by atoms with Gasteiger partial charge >= 0.3 is 0 Å². The third-order valence-corrected chi connectivity index (χ3v) is 8.24. The van der Waals surface area contributed by atoms with E-state index in [0.29, 0.717) is 23.7 Å². The van der Waals surface area contributed by atoms with E-state index in [2.05, 4.69) is 0 Å². The highest BCUT2D eigenvalue weighted by molar-refractivity contribution is 5.85. The van der Waals surface area contributed by atoms with E-state index in [-0.39, 0.29) is 0 Å². The van der Waals surface area contributed by atoms with E-state index in [4.69, 9.17) is 5.73 Å². The van der Waals surface area contributed by atoms with Gasteiger partial charge in [-0.2, -0.15) is 0 Å². The molecule has 0 aromatic carbocycles. The smallest absolute Gasteiger partial charge is 0.139 e. The van der Waals surface area contributed by atoms with Crippen molar-refractivity contribution in [2.75, 3.05) is 0 Å². The Morgan fingerprint density at radius 1 is 0.591 bits per heavy atom. The van der Waals surface area contributed by atoms with Gasteiger partial charge in [0.05, 0.1) is 0 Å². The van der Waals surface area contributed by atoms with Gasteiger partial charge in [0.2, 0.25) is 0 Å². The molecule has 0 aromatic rings. The molecular formula is C20H31NO. The van der Waals surface area contributed by atoms with Gasteiger partial charge in [0.25, 0.3) is 0 Å². The summed E-state index contributed by atoms with van der Waals surface area (Å²) in [5.74, 6) is 7.52. The van der Waals surface area contributed by atoms with Crippen LogP contribution in [-0.2, 0) is 4.79 Å². The molecule has 0 aromatic heterocycles. The van der Waals surface area contributed by atoms with Crippen molar-refractivity contribution in [2.45, 2.75) is 70.3 Å². The van der Waals surface area contributed by atoms with Crippen LogP contribution in [0.2, 0.25) is 0 Å². The minimum absolute atomic E-state index is 0.506. The van der Waals surface area contributed by atoms with Gasteiger partial charge in [-0.3, -0.25) is 4.79 Å². The van der Waals surface area contributed by atoms with Crippen LogP contribution in [0.3, 0.4) is 0 Å². The van der Waals surface area contributed by atoms with Crippen molar-refractivity contribution < 1.29 is 4.79 Å². The molecule has 8 rings (SSSR count). The SMILES string of the molecule is NC1C2CC3CC(C2)CC1C3.O=C1C2CC3CC(C2)CC1C3. The second-order valence-corrected chi connectivity index (χ2v) is 9.71. The maximum Gasteiger partial charge on any atom is 0.139 e. The molecule has 8 aliphatic carbocycles. The first-order valence-electron chi connectivity index (χ1n) is 9.95. The van der Waals surface area contributed by atoms with E-state index in [1.54, 1.807) is 6.42 Å². The number of carbonyl (C=O) groups is 1. The van der Waals surface area contributed by atoms with E-state index in [9.17, 15) is 4.79 Å². The largest absolute Gasteiger partial charge is 0.327 e. The third-order valence-electron chi connectivity index (χ3n) is 8.24. The zero-order valence-electron chi connectivity index (χ0n) is 13.8. The number of carbonyl (C=O) groups excluding carboxylic acids is 1. The van der Waals surface area contributed by atoms with E-state index in [1.807, 2.05) is 0 Å². The van der Waals surface area contributed by atoms with Gasteiger partial charge in [-0.15, -0.1) is 0 Å². The Labute approximate surface area is 134 Å². The molecule has 2 N–H and O–H groups in total. The zero-order valence-corrected chi connectivity index (χ0v) is 13.8. The van der Waals surface area contributed by atoms with Gasteiger partial charge in [-0.05, 0) is 99.7 Å². The lowest BCUT2D eigenvalue weighted by Gasteiger charge is -2.53. The maximum absolute atomic E-state index is 11.6. The van der Waals surface area contributed by atoms with Gasteiger partial charge in [-0.25, -0.2) is 0 Å². The molecule has 8 aliphatic rings. The average molecular weight is 301 g/mol. The Bertz CT molecular complexity index is 412. The summed E-state index contributed by atoms with van der Waals surface area (Å²) < 4.78 is 0. The first-order valence-corrected chi connectivity index (χ1v) is 9.95. The quantitative estimate of drug-likeness (QED) is 0.740. The fourth-order valence-corrected chi connectivity index (χ4v) is 7.62. The van der Waals surface area contributed by atoms with E-state index in [1.165, 1.54) is 57.8 Å². The standard InChI is InChI=1S/C10H17N.C10H14O/c2*11-10-8-2-6-1-7(4-8)5-9(10)3-6/h6-10H,1-5,11H2;6-9H,1-5H2. The molecule has 8 bridgehead atoms. The van der Waals surface area contributed by atoms with Crippen molar-refractivity contribution in [1.82, 2.24) is 0 Å². The number of nitrogens with two attached hydrogens (primary N) is 1. The first kappa shape index (κ1) is 14.0. The molecule has 0 saturated heterocycles. The van der Waals surface area contributed by atoms with E-state index in [0.717, 1.165) is 35.5 Å². The van der Waals surface area contributed by atoms with Crippen LogP contribution in [-0.4, -0.2) is 11.8 Å². The highest BCUT2D eigenvalue weighted by Gasteiger charge is 2.47. The predicted octanol–water partition coefficient (Wildman–Crippen LogP) is 3.78. The minimum Gasteiger partial charge on any atom is -0.327 e. The Kier molecular flexibility index (Phi) is 3.22. The summed E-state index contributed by atoms with van der Waals surface area (Å²) in [4.78, 5) is 11.6. The zero-order chi connectivity index (χ0) is 14.8. The van der Waals surface area contributed by atoms with Crippen LogP contribution in [0, 0.1) is 47.3 Å². The molecule has 0 atom stereocenters. The van der Waals surface area contributed by atoms with E-state index >= 15 is 0 Å². The molecule has 0 unspecified atom stereocenters. The summed E-state index contributed by atoms with van der Waals surface area (Å²) in [5.41, 5.74) is 6.17. The van der Waals surface area contributed by atoms with Crippen LogP contribution in [0.15, 0.2) is 0 Å². The molecule has 0 amide bonds. The molecule has 22 heavy (non-hydrogen) atoms. The maximum atomic E-state index is 11.6. The third kappa shape index (κ3) is 2.20. The van der Waals surface area contributed by atoms with Gasteiger partial charge in [0.1, 0.15) is 5.78 Å². The fourth-order valence-electron chi connectivity index (χ4n) is 7.62. The van der Waals surface area contributed by atoms with Crippen LogP contribution in [0.25, 0.3) is 0 Å². The minimum atomic E-state index is 0.506. The van der Waals surface area contributed by atoms with Crippen molar-refractivity contribution in [3.63, 3.8) is 0 Å². The molecule has 0 heterocycles. The van der Waals surface area contributed by atoms with Gasteiger partial charge in [0.15, 0.2) is 0 Å². The highest BCUT2D eigenvalue weighted by atomic mass is 16.1. The molecule has 0 aliphatic heterocycles. The molecule has 2 nitrogen and oxygen atoms in total. The number of ketones is 1. The summed E-state index contributed by atoms with van der Waals surface area (Å²) in [6.07, 6.45) is 13.8. The number of rotatable bonds is 0. The fraction of sp³-hybridized carbons (Fsp3) is 0.950. The van der Waals surface area contributed by atoms with Crippen LogP contribution in [0.4, 0.5) is 0 Å². The Morgan fingerprint density at radius 3 is 1.36 bits per heavy atom. The summed E-state index contributed by atoms with van der Waals surface area (Å²) in [6.45, 7) is 0. The van der Waals surface area contributed by atoms with Gasteiger partial charge in [-0.1, -0.05) is 0 Å². The normalized spacial score (nSPS) is 57.0. The monoisotopic (exact) mass is 301 g/mol. The first-order chi connectivity index (χ1) is 10.7. The topological polar surface area (TPSA) is 43.1 Å². The van der Waals surface area contributed by atoms with Crippen molar-refractivity contribution in [3.8, 4) is 0 Å². The van der Waals surface area contributed by atoms with Gasteiger partial charge < -0.3 is 5.73 Å². The van der Waals surface area contributed by atoms with Crippen LogP contribution < -0.4 is 5.73 Å². The van der Waals surface area contributed by atoms with Crippen LogP contribution in [0.1, 0.15) is 64.2 Å². The Balaban J connectivity index is 0.000000102. The Morgan fingerprint density at radius 2 is 0.955 bits per heavy atom. The van der Waals surface area contributed by atoms with Crippen molar-refractivity contribution in [3.05, 3.63) is 0 Å². The second-order valence-electron chi connectivity index (χ2n) is 9.71.